The summed E-state index contributed by atoms with van der Waals surface area (Å²) in [6, 6.07) is 8.58. The zero-order valence-corrected chi connectivity index (χ0v) is 15.2. The van der Waals surface area contributed by atoms with Crippen LogP contribution in [0.25, 0.3) is 0 Å². The van der Waals surface area contributed by atoms with Gasteiger partial charge in [0.2, 0.25) is 0 Å². The Hall–Kier alpha value is -2.57. The topological polar surface area (TPSA) is 102 Å². The van der Waals surface area contributed by atoms with Crippen LogP contribution in [0.4, 0.5) is 4.79 Å². The fourth-order valence-electron chi connectivity index (χ4n) is 2.12. The minimum atomic E-state index is -1.69. The van der Waals surface area contributed by atoms with Gasteiger partial charge >= 0.3 is 18.0 Å². The van der Waals surface area contributed by atoms with Crippen molar-refractivity contribution in [2.24, 2.45) is 0 Å². The Kier molecular flexibility index (Phi) is 6.55. The summed E-state index contributed by atoms with van der Waals surface area (Å²) in [7, 11) is 0. The second-order valence-electron chi connectivity index (χ2n) is 7.19. The molecule has 1 aromatic rings. The van der Waals surface area contributed by atoms with Crippen LogP contribution in [0.3, 0.4) is 0 Å². The van der Waals surface area contributed by atoms with Gasteiger partial charge in [-0.15, -0.1) is 0 Å². The first-order chi connectivity index (χ1) is 11.4. The molecule has 0 unspecified atom stereocenters. The van der Waals surface area contributed by atoms with Crippen LogP contribution in [0.15, 0.2) is 30.3 Å². The van der Waals surface area contributed by atoms with Crippen molar-refractivity contribution in [2.75, 3.05) is 0 Å². The molecule has 0 bridgehead atoms. The summed E-state index contributed by atoms with van der Waals surface area (Å²) in [5, 5.41) is 11.4. The number of carbonyl (C=O) groups is 3. The Bertz CT molecular complexity index is 618. The lowest BCUT2D eigenvalue weighted by Gasteiger charge is -2.34. The largest absolute Gasteiger partial charge is 0.473 e. The first-order valence-electron chi connectivity index (χ1n) is 7.90. The van der Waals surface area contributed by atoms with Crippen LogP contribution in [0.2, 0.25) is 0 Å². The Labute approximate surface area is 147 Å². The number of esters is 1. The van der Waals surface area contributed by atoms with E-state index in [1.165, 1.54) is 0 Å². The van der Waals surface area contributed by atoms with Crippen LogP contribution < -0.4 is 5.32 Å². The van der Waals surface area contributed by atoms with Gasteiger partial charge in [0.25, 0.3) is 0 Å². The van der Waals surface area contributed by atoms with Crippen molar-refractivity contribution in [3.8, 4) is 0 Å². The fourth-order valence-corrected chi connectivity index (χ4v) is 2.12. The molecule has 138 valence electrons. The molecule has 0 aliphatic rings. The van der Waals surface area contributed by atoms with Gasteiger partial charge in [-0.2, -0.15) is 0 Å². The Morgan fingerprint density at radius 3 is 2.08 bits per heavy atom. The summed E-state index contributed by atoms with van der Waals surface area (Å²) in [4.78, 5) is 34.4. The van der Waals surface area contributed by atoms with Gasteiger partial charge < -0.3 is 19.9 Å². The van der Waals surface area contributed by atoms with Crippen molar-refractivity contribution < 1.29 is 29.0 Å². The number of carbonyl (C=O) groups excluding carboxylic acids is 2. The van der Waals surface area contributed by atoms with Crippen molar-refractivity contribution in [2.45, 2.75) is 58.3 Å². The number of alkyl carbamates (subject to hydrolysis) is 1. The number of aliphatic carboxylic acids is 1. The summed E-state index contributed by atoms with van der Waals surface area (Å²) in [6.45, 7) is 8.27. The molecule has 0 saturated carbocycles. The predicted octanol–water partition coefficient (Wildman–Crippen LogP) is 2.53. The molecule has 0 radical (unpaired) electrons. The third-order valence-electron chi connectivity index (χ3n) is 3.34. The maximum Gasteiger partial charge on any atom is 0.417 e. The lowest BCUT2D eigenvalue weighted by atomic mass is 9.92. The zero-order valence-electron chi connectivity index (χ0n) is 15.2. The van der Waals surface area contributed by atoms with E-state index in [4.69, 9.17) is 14.6 Å². The molecule has 1 amide bonds. The predicted molar refractivity (Wildman–Crippen MR) is 91.1 cm³/mol. The molecule has 7 heteroatoms. The van der Waals surface area contributed by atoms with E-state index in [9.17, 15) is 14.4 Å². The molecule has 0 aliphatic heterocycles. The third kappa shape index (κ3) is 7.24. The molecule has 1 atom stereocenters. The van der Waals surface area contributed by atoms with E-state index < -0.39 is 35.3 Å². The second-order valence-corrected chi connectivity index (χ2v) is 7.19. The van der Waals surface area contributed by atoms with Crippen molar-refractivity contribution >= 4 is 18.0 Å². The van der Waals surface area contributed by atoms with Crippen molar-refractivity contribution in [1.82, 2.24) is 5.32 Å². The van der Waals surface area contributed by atoms with Crippen molar-refractivity contribution in [3.05, 3.63) is 35.9 Å². The Balaban J connectivity index is 2.99. The highest BCUT2D eigenvalue weighted by Gasteiger charge is 2.37. The first kappa shape index (κ1) is 20.5. The van der Waals surface area contributed by atoms with Crippen LogP contribution in [0.1, 0.15) is 40.2 Å². The smallest absolute Gasteiger partial charge is 0.417 e. The van der Waals surface area contributed by atoms with Crippen molar-refractivity contribution in [3.63, 3.8) is 0 Å². The molecule has 2 N–H and O–H groups in total. The highest BCUT2D eigenvalue weighted by atomic mass is 16.6. The molecule has 0 fully saturated rings. The number of nitrogens with one attached hydrogen (secondary N) is 1. The van der Waals surface area contributed by atoms with Crippen molar-refractivity contribution in [1.29, 1.82) is 0 Å². The molecule has 0 aromatic heterocycles. The van der Waals surface area contributed by atoms with Gasteiger partial charge in [-0.3, -0.25) is 0 Å². The number of rotatable bonds is 5. The van der Waals surface area contributed by atoms with E-state index in [-0.39, 0.29) is 0 Å². The summed E-state index contributed by atoms with van der Waals surface area (Å²) in [6.07, 6.45) is -0.340. The molecule has 25 heavy (non-hydrogen) atoms. The highest BCUT2D eigenvalue weighted by Crippen LogP contribution is 2.20. The number of amides is 1. The zero-order chi connectivity index (χ0) is 19.3. The normalized spacial score (nSPS) is 12.8. The van der Waals surface area contributed by atoms with E-state index in [1.54, 1.807) is 34.6 Å². The van der Waals surface area contributed by atoms with E-state index >= 15 is 0 Å². The van der Waals surface area contributed by atoms with Crippen LogP contribution in [-0.2, 0) is 25.5 Å². The molecular formula is C18H25NO6. The summed E-state index contributed by atoms with van der Waals surface area (Å²) in [5.74, 6) is -3.07. The SMILES string of the molecule is CC(C)(C)OC(=O)N[C@@H](Cc1ccccc1)C(C)(C)OC(=O)C(=O)O. The van der Waals surface area contributed by atoms with Gasteiger partial charge in [-0.1, -0.05) is 30.3 Å². The number of carboxylic acid groups (broad SMARTS) is 1. The van der Waals surface area contributed by atoms with Crippen LogP contribution in [0.5, 0.6) is 0 Å². The van der Waals surface area contributed by atoms with Gasteiger partial charge in [0.05, 0.1) is 6.04 Å². The standard InChI is InChI=1S/C18H25NO6/c1-17(2,3)25-16(23)19-13(11-12-9-7-6-8-10-12)18(4,5)24-15(22)14(20)21/h6-10,13H,11H2,1-5H3,(H,19,23)(H,20,21)/t13-/m0/s1. The minimum absolute atomic E-state index is 0.333. The van der Waals surface area contributed by atoms with E-state index in [0.29, 0.717) is 6.42 Å². The van der Waals surface area contributed by atoms with Gasteiger partial charge in [0.1, 0.15) is 11.2 Å². The molecule has 7 nitrogen and oxygen atoms in total. The lowest BCUT2D eigenvalue weighted by Crippen LogP contribution is -2.54. The molecule has 0 heterocycles. The van der Waals surface area contributed by atoms with Gasteiger partial charge in [0, 0.05) is 0 Å². The Morgan fingerprint density at radius 1 is 1.04 bits per heavy atom. The second kappa shape index (κ2) is 8.00. The van der Waals surface area contributed by atoms with Crippen LogP contribution in [0, 0.1) is 0 Å². The quantitative estimate of drug-likeness (QED) is 0.624. The monoisotopic (exact) mass is 351 g/mol. The average molecular weight is 351 g/mol. The van der Waals surface area contributed by atoms with Gasteiger partial charge in [-0.25, -0.2) is 14.4 Å². The maximum atomic E-state index is 12.1. The number of hydrogen-bond acceptors (Lipinski definition) is 5. The molecule has 0 spiro atoms. The van der Waals surface area contributed by atoms with Gasteiger partial charge in [0.15, 0.2) is 0 Å². The van der Waals surface area contributed by atoms with Crippen LogP contribution >= 0.6 is 0 Å². The summed E-state index contributed by atoms with van der Waals surface area (Å²) >= 11 is 0. The van der Waals surface area contributed by atoms with E-state index in [2.05, 4.69) is 5.32 Å². The average Bonchev–Trinajstić information content (AvgIpc) is 2.45. The molecule has 0 aliphatic carbocycles. The highest BCUT2D eigenvalue weighted by molar-refractivity contribution is 6.28. The molecule has 1 aromatic carbocycles. The minimum Gasteiger partial charge on any atom is -0.473 e. The lowest BCUT2D eigenvalue weighted by molar-refractivity contribution is -0.174. The number of carboxylic acids is 1. The Morgan fingerprint density at radius 2 is 1.60 bits per heavy atom. The van der Waals surface area contributed by atoms with Gasteiger partial charge in [-0.05, 0) is 46.6 Å². The number of ether oxygens (including phenoxy) is 2. The van der Waals surface area contributed by atoms with E-state index in [1.807, 2.05) is 30.3 Å². The molecule has 0 saturated heterocycles. The van der Waals surface area contributed by atoms with E-state index in [0.717, 1.165) is 5.56 Å². The summed E-state index contributed by atoms with van der Waals surface area (Å²) in [5.41, 5.74) is -1.06. The number of hydrogen-bond donors (Lipinski definition) is 2. The molecular weight excluding hydrogens is 326 g/mol. The third-order valence-corrected chi connectivity index (χ3v) is 3.34. The van der Waals surface area contributed by atoms with Crippen LogP contribution in [-0.4, -0.2) is 40.4 Å². The molecule has 1 rings (SSSR count). The maximum absolute atomic E-state index is 12.1. The fraction of sp³-hybridized carbons (Fsp3) is 0.500. The number of benzene rings is 1. The summed E-state index contributed by atoms with van der Waals surface area (Å²) < 4.78 is 10.3. The first-order valence-corrected chi connectivity index (χ1v) is 7.90.